The van der Waals surface area contributed by atoms with E-state index in [2.05, 4.69) is 0 Å². The first-order chi connectivity index (χ1) is 37.2. The van der Waals surface area contributed by atoms with Crippen LogP contribution in [0.4, 0.5) is 0 Å². The Kier molecular flexibility index (Phi) is 15.8. The van der Waals surface area contributed by atoms with E-state index in [4.69, 9.17) is 57.1 Å². The molecular weight excluding hydrogens is 995 g/mol. The highest BCUT2D eigenvalue weighted by Gasteiger charge is 2.35. The molecule has 0 radical (unpaired) electrons. The van der Waals surface area contributed by atoms with Crippen LogP contribution in [0.5, 0.6) is 34.5 Å². The summed E-state index contributed by atoms with van der Waals surface area (Å²) < 4.78 is 66.7. The second-order valence-electron chi connectivity index (χ2n) is 19.8. The lowest BCUT2D eigenvalue weighted by atomic mass is 9.91. The van der Waals surface area contributed by atoms with Crippen LogP contribution < -0.4 is 27.1 Å². The number of nitrogens with zero attached hydrogens (tertiary/aromatic N) is 6. The molecule has 30 rings (SSSR count). The fourth-order valence-corrected chi connectivity index (χ4v) is 12.5. The second-order valence-corrected chi connectivity index (χ2v) is 22.7. The van der Waals surface area contributed by atoms with Crippen molar-refractivity contribution in [1.82, 2.24) is 0 Å². The Morgan fingerprint density at radius 1 is 0.250 bits per heavy atom. The van der Waals surface area contributed by atoms with Gasteiger partial charge in [0.2, 0.25) is 0 Å². The summed E-state index contributed by atoms with van der Waals surface area (Å²) in [5, 5.41) is 0. The number of phosphoric acid groups is 2. The lowest BCUT2D eigenvalue weighted by molar-refractivity contribution is 0.296. The Balaban J connectivity index is 0.975. The van der Waals surface area contributed by atoms with Gasteiger partial charge in [0.1, 0.15) is 34.5 Å². The first-order valence-corrected chi connectivity index (χ1v) is 29.3. The number of rotatable bonds is 0. The smallest absolute Gasteiger partial charge is 0.386 e. The van der Waals surface area contributed by atoms with Gasteiger partial charge in [0.25, 0.3) is 0 Å². The molecule has 3 aliphatic carbocycles. The van der Waals surface area contributed by atoms with E-state index in [1.54, 1.807) is 72.8 Å². The summed E-state index contributed by atoms with van der Waals surface area (Å²) in [5.74, 6) is 1.78. The molecule has 6 atom stereocenters. The highest BCUT2D eigenvalue weighted by Crippen LogP contribution is 2.51. The minimum absolute atomic E-state index is 0.0252. The third-order valence-corrected chi connectivity index (χ3v) is 16.8. The van der Waals surface area contributed by atoms with E-state index >= 15 is 0 Å². The third-order valence-electron chi connectivity index (χ3n) is 14.2. The summed E-state index contributed by atoms with van der Waals surface area (Å²) in [6.45, 7) is 0. The molecule has 76 heavy (non-hydrogen) atoms. The number of aliphatic imine (C=N–C) groups is 6. The maximum absolute atomic E-state index is 14.8. The number of benzene rings is 6. The Morgan fingerprint density at radius 3 is 0.539 bits per heavy atom. The molecule has 6 aromatic rings. The molecule has 0 saturated heterocycles. The van der Waals surface area contributed by atoms with Gasteiger partial charge >= 0.3 is 15.6 Å². The van der Waals surface area contributed by atoms with Crippen molar-refractivity contribution in [3.05, 3.63) is 179 Å². The van der Waals surface area contributed by atoms with E-state index < -0.39 is 15.6 Å². The van der Waals surface area contributed by atoms with Crippen LogP contribution >= 0.6 is 15.6 Å². The highest BCUT2D eigenvalue weighted by atomic mass is 31.2. The molecule has 0 aromatic heterocycles. The zero-order valence-corrected chi connectivity index (χ0v) is 43.9. The largest absolute Gasteiger partial charge is 0.647 e. The van der Waals surface area contributed by atoms with Crippen molar-refractivity contribution in [2.75, 3.05) is 0 Å². The molecule has 388 valence electrons. The summed E-state index contributed by atoms with van der Waals surface area (Å²) >= 11 is 0. The Bertz CT molecular complexity index is 2650. The minimum Gasteiger partial charge on any atom is -0.386 e. The number of hydrogen-bond donors (Lipinski definition) is 0. The molecule has 24 aliphatic rings. The molecular formula is C60H60N6O8P2. The van der Waals surface area contributed by atoms with E-state index in [0.29, 0.717) is 34.5 Å². The molecule has 6 aromatic carbocycles. The van der Waals surface area contributed by atoms with Crippen molar-refractivity contribution < 1.29 is 36.3 Å². The standard InChI is InChI=1S/C60H60N6O8P2/c67-75-69-49-25-13-43(14-26-49)37-61-55-7-1-2-8-56(55)62-38-44-15-27-50(28-16-44)70-76(68,73-53-33-21-47(22-34-53)41-65-59-11-5-3-9-57(59)63-39-45-17-29-51(71-75)30-18-45)74-54-35-23-48(24-36-54)42-66-60-12-6-4-10-58(60)64-40-46-19-31-52(72-75)32-20-46/h13-42,55-60H,1-12H2/t55-,56-,57-,58-,59-,60-,75?,76?/m1/s1. The van der Waals surface area contributed by atoms with Gasteiger partial charge in [-0.2, -0.15) is 9.13 Å². The predicted molar refractivity (Wildman–Crippen MR) is 301 cm³/mol. The van der Waals surface area contributed by atoms with Gasteiger partial charge in [0.15, 0.2) is 0 Å². The molecule has 14 nitrogen and oxygen atoms in total. The normalized spacial score (nSPS) is 26.6. The highest BCUT2D eigenvalue weighted by molar-refractivity contribution is 7.50. The topological polar surface area (TPSA) is 164 Å². The van der Waals surface area contributed by atoms with E-state index in [0.717, 1.165) is 110 Å². The van der Waals surface area contributed by atoms with Gasteiger partial charge in [-0.05, 0) is 217 Å². The van der Waals surface area contributed by atoms with Crippen LogP contribution in [0.15, 0.2) is 176 Å². The van der Waals surface area contributed by atoms with Gasteiger partial charge in [-0.25, -0.2) is 0 Å². The monoisotopic (exact) mass is 1050 g/mol. The first kappa shape index (κ1) is 50.7. The first-order valence-electron chi connectivity index (χ1n) is 26.4. The van der Waals surface area contributed by atoms with Crippen molar-refractivity contribution >= 4 is 52.9 Å². The minimum atomic E-state index is -4.36. The molecule has 0 amide bonds. The van der Waals surface area contributed by atoms with Gasteiger partial charge in [0.05, 0.1) is 36.3 Å². The zero-order chi connectivity index (χ0) is 51.6. The number of phosphoric ester groups is 2. The van der Waals surface area contributed by atoms with Gasteiger partial charge in [-0.3, -0.25) is 30.0 Å². The van der Waals surface area contributed by atoms with E-state index in [9.17, 15) is 9.13 Å². The predicted octanol–water partition coefficient (Wildman–Crippen LogP) is 14.2. The van der Waals surface area contributed by atoms with Crippen molar-refractivity contribution in [1.29, 1.82) is 0 Å². The zero-order valence-electron chi connectivity index (χ0n) is 42.1. The SMILES string of the molecule is O=P12Oc3ccc(cc3)C=N[C@@H]3CCCC[C@H]3N=Cc3ccc(cc3)OP(=O)(Oc3ccc(cc3)C=N[C@@H]3CCCC[C@H]3N=Cc3ccc(cc3)O1)Oc1ccc(cc1)C=N[C@@H]1CCCC[C@H]1N=Cc1ccc(cc1)O2. The van der Waals surface area contributed by atoms with Gasteiger partial charge in [0, 0.05) is 37.3 Å². The van der Waals surface area contributed by atoms with Crippen molar-refractivity contribution in [3.63, 3.8) is 0 Å². The van der Waals surface area contributed by atoms with E-state index in [-0.39, 0.29) is 36.3 Å². The molecule has 14 bridgehead atoms. The number of hydrogen-bond acceptors (Lipinski definition) is 14. The van der Waals surface area contributed by atoms with Crippen LogP contribution in [0, 0.1) is 0 Å². The Hall–Kier alpha value is -7.40. The van der Waals surface area contributed by atoms with Crippen molar-refractivity contribution in [2.45, 2.75) is 113 Å². The van der Waals surface area contributed by atoms with Crippen LogP contribution in [0.3, 0.4) is 0 Å². The van der Waals surface area contributed by atoms with Crippen LogP contribution in [0.1, 0.15) is 110 Å². The molecule has 16 heteroatoms. The van der Waals surface area contributed by atoms with Crippen LogP contribution in [0.2, 0.25) is 0 Å². The maximum Gasteiger partial charge on any atom is 0.647 e. The third kappa shape index (κ3) is 13.5. The average Bonchev–Trinajstić information content (AvgIpc) is 3.44. The van der Waals surface area contributed by atoms with E-state index in [1.807, 2.05) is 110 Å². The summed E-state index contributed by atoms with van der Waals surface area (Å²) in [7, 11) is -8.71. The summed E-state index contributed by atoms with van der Waals surface area (Å²) in [6, 6.07) is 42.9. The van der Waals surface area contributed by atoms with Crippen molar-refractivity contribution in [2.24, 2.45) is 30.0 Å². The van der Waals surface area contributed by atoms with Crippen LogP contribution in [-0.2, 0) is 9.13 Å². The summed E-state index contributed by atoms with van der Waals surface area (Å²) in [4.78, 5) is 30.1. The fourth-order valence-electron chi connectivity index (χ4n) is 9.98. The van der Waals surface area contributed by atoms with Crippen molar-refractivity contribution in [3.8, 4) is 34.5 Å². The maximum atomic E-state index is 14.8. The fraction of sp³-hybridized carbons (Fsp3) is 0.300. The molecule has 21 heterocycles. The average molecular weight is 1060 g/mol. The van der Waals surface area contributed by atoms with Gasteiger partial charge < -0.3 is 27.1 Å². The van der Waals surface area contributed by atoms with Gasteiger partial charge in [-0.1, -0.05) is 38.5 Å². The molecule has 0 spiro atoms. The van der Waals surface area contributed by atoms with Crippen LogP contribution in [-0.4, -0.2) is 73.5 Å². The molecule has 0 N–H and O–H groups in total. The Labute approximate surface area is 444 Å². The van der Waals surface area contributed by atoms with E-state index in [1.165, 1.54) is 0 Å². The molecule has 0 unspecified atom stereocenters. The summed E-state index contributed by atoms with van der Waals surface area (Å²) in [6.07, 6.45) is 22.8. The molecule has 3 saturated carbocycles. The second kappa shape index (κ2) is 23.6. The molecule has 3 fully saturated rings. The quantitative estimate of drug-likeness (QED) is 0.136. The van der Waals surface area contributed by atoms with Gasteiger partial charge in [-0.15, -0.1) is 0 Å². The Morgan fingerprint density at radius 2 is 0.395 bits per heavy atom. The molecule has 21 aliphatic heterocycles. The van der Waals surface area contributed by atoms with Crippen LogP contribution in [0.25, 0.3) is 0 Å². The summed E-state index contributed by atoms with van der Waals surface area (Å²) in [5.41, 5.74) is 5.05. The lowest BCUT2D eigenvalue weighted by Crippen LogP contribution is -2.27. The lowest BCUT2D eigenvalue weighted by Gasteiger charge is -2.25.